The molecule has 0 heterocycles. The molecule has 17 heavy (non-hydrogen) atoms. The van der Waals surface area contributed by atoms with E-state index < -0.39 is 0 Å². The van der Waals surface area contributed by atoms with Gasteiger partial charge in [0.2, 0.25) is 0 Å². The lowest BCUT2D eigenvalue weighted by molar-refractivity contribution is 0.457. The molecule has 2 nitrogen and oxygen atoms in total. The molecular formula is C13H32Cl2N2. The number of hydrogen-bond acceptors (Lipinski definition) is 2. The molecule has 0 aromatic heterocycles. The zero-order chi connectivity index (χ0) is 12.7. The first-order chi connectivity index (χ1) is 6.95. The molecule has 0 rings (SSSR count). The third kappa shape index (κ3) is 87.3. The van der Waals surface area contributed by atoms with Crippen molar-refractivity contribution in [2.45, 2.75) is 20.3 Å². The fraction of sp³-hybridized carbons (Fsp3) is 0.692. The van der Waals surface area contributed by atoms with Crippen LogP contribution in [0.15, 0.2) is 25.3 Å². The zero-order valence-electron chi connectivity index (χ0n) is 12.4. The van der Waals surface area contributed by atoms with Gasteiger partial charge < -0.3 is 9.80 Å². The minimum absolute atomic E-state index is 0. The molecule has 0 bridgehead atoms. The molecule has 0 atom stereocenters. The predicted octanol–water partition coefficient (Wildman–Crippen LogP) is 3.73. The summed E-state index contributed by atoms with van der Waals surface area (Å²) < 4.78 is 0. The van der Waals surface area contributed by atoms with E-state index in [-0.39, 0.29) is 24.8 Å². The largest absolute Gasteiger partial charge is 0.306 e. The molecule has 0 aliphatic carbocycles. The van der Waals surface area contributed by atoms with E-state index in [1.165, 1.54) is 6.42 Å². The number of hydrogen-bond donors (Lipinski definition) is 0. The maximum Gasteiger partial charge on any atom is 0.0154 e. The van der Waals surface area contributed by atoms with E-state index in [2.05, 4.69) is 36.8 Å². The number of likely N-dealkylation sites (N-methyl/N-ethyl adjacent to an activating group) is 2. The van der Waals surface area contributed by atoms with Gasteiger partial charge in [-0.2, -0.15) is 0 Å². The highest BCUT2D eigenvalue weighted by Gasteiger charge is 1.76. The van der Waals surface area contributed by atoms with Crippen molar-refractivity contribution in [1.82, 2.24) is 9.80 Å². The molecule has 0 saturated heterocycles. The van der Waals surface area contributed by atoms with Crippen molar-refractivity contribution in [3.8, 4) is 0 Å². The van der Waals surface area contributed by atoms with Crippen molar-refractivity contribution in [3.63, 3.8) is 0 Å². The molecule has 108 valence electrons. The van der Waals surface area contributed by atoms with Gasteiger partial charge in [0.25, 0.3) is 0 Å². The molecule has 0 radical (unpaired) electrons. The molecule has 0 saturated carbocycles. The summed E-state index contributed by atoms with van der Waals surface area (Å²) in [5.41, 5.74) is 0. The smallest absolute Gasteiger partial charge is 0.0154 e. The lowest BCUT2D eigenvalue weighted by atomic mass is 10.6. The second-order valence-electron chi connectivity index (χ2n) is 3.81. The van der Waals surface area contributed by atoms with Crippen LogP contribution in [0.25, 0.3) is 0 Å². The minimum atomic E-state index is 0. The van der Waals surface area contributed by atoms with Crippen molar-refractivity contribution in [1.29, 1.82) is 0 Å². The molecular weight excluding hydrogens is 255 g/mol. The first-order valence-electron chi connectivity index (χ1n) is 5.47. The Labute approximate surface area is 122 Å². The van der Waals surface area contributed by atoms with E-state index in [1.54, 1.807) is 0 Å². The average molecular weight is 287 g/mol. The zero-order valence-corrected chi connectivity index (χ0v) is 14.0. The summed E-state index contributed by atoms with van der Waals surface area (Å²) >= 11 is 0. The van der Waals surface area contributed by atoms with Gasteiger partial charge in [0.15, 0.2) is 0 Å². The second kappa shape index (κ2) is 29.7. The van der Waals surface area contributed by atoms with Gasteiger partial charge in [-0.05, 0) is 28.2 Å². The Kier molecular flexibility index (Phi) is 52.9. The van der Waals surface area contributed by atoms with Gasteiger partial charge >= 0.3 is 0 Å². The maximum absolute atomic E-state index is 3.56. The molecule has 0 amide bonds. The van der Waals surface area contributed by atoms with Crippen LogP contribution in [0.2, 0.25) is 0 Å². The van der Waals surface area contributed by atoms with Crippen molar-refractivity contribution in [3.05, 3.63) is 25.3 Å². The van der Waals surface area contributed by atoms with E-state index in [4.69, 9.17) is 0 Å². The van der Waals surface area contributed by atoms with Gasteiger partial charge in [-0.3, -0.25) is 0 Å². The van der Waals surface area contributed by atoms with E-state index in [9.17, 15) is 0 Å². The van der Waals surface area contributed by atoms with Gasteiger partial charge in [-0.25, -0.2) is 0 Å². The van der Waals surface area contributed by atoms with E-state index in [1.807, 2.05) is 40.3 Å². The Balaban J connectivity index is -0.0000000421. The second-order valence-corrected chi connectivity index (χ2v) is 3.81. The Hall–Kier alpha value is -0.0200. The van der Waals surface area contributed by atoms with Crippen molar-refractivity contribution in [2.75, 3.05) is 41.3 Å². The van der Waals surface area contributed by atoms with Crippen LogP contribution < -0.4 is 0 Å². The van der Waals surface area contributed by atoms with Crippen LogP contribution in [0.5, 0.6) is 0 Å². The first kappa shape index (κ1) is 30.2. The normalized spacial score (nSPS) is 7.53. The first-order valence-corrected chi connectivity index (χ1v) is 5.47. The third-order valence-corrected chi connectivity index (χ3v) is 0.988. The molecule has 0 aromatic rings. The minimum Gasteiger partial charge on any atom is -0.306 e. The monoisotopic (exact) mass is 286 g/mol. The van der Waals surface area contributed by atoms with Gasteiger partial charge in [-0.1, -0.05) is 32.4 Å². The Morgan fingerprint density at radius 2 is 0.941 bits per heavy atom. The molecule has 0 spiro atoms. The van der Waals surface area contributed by atoms with Gasteiger partial charge in [-0.15, -0.1) is 38.0 Å². The summed E-state index contributed by atoms with van der Waals surface area (Å²) in [5.74, 6) is 0. The van der Waals surface area contributed by atoms with E-state index in [0.29, 0.717) is 0 Å². The van der Waals surface area contributed by atoms with Crippen LogP contribution in [-0.4, -0.2) is 51.1 Å². The lowest BCUT2D eigenvalue weighted by Crippen LogP contribution is -2.09. The highest BCUT2D eigenvalue weighted by molar-refractivity contribution is 5.85. The molecule has 0 unspecified atom stereocenters. The van der Waals surface area contributed by atoms with Crippen LogP contribution in [0.1, 0.15) is 20.3 Å². The van der Waals surface area contributed by atoms with Gasteiger partial charge in [0, 0.05) is 13.1 Å². The molecule has 0 aliphatic heterocycles. The van der Waals surface area contributed by atoms with Crippen LogP contribution >= 0.6 is 24.8 Å². The van der Waals surface area contributed by atoms with Gasteiger partial charge in [0.1, 0.15) is 0 Å². The predicted molar refractivity (Wildman–Crippen MR) is 88.0 cm³/mol. The number of rotatable bonds is 4. The van der Waals surface area contributed by atoms with Gasteiger partial charge in [0.05, 0.1) is 0 Å². The maximum atomic E-state index is 3.56. The van der Waals surface area contributed by atoms with Crippen LogP contribution in [-0.2, 0) is 0 Å². The Bertz CT molecular complexity index is 113. The summed E-state index contributed by atoms with van der Waals surface area (Å²) in [4.78, 5) is 4.12. The fourth-order valence-corrected chi connectivity index (χ4v) is 0.516. The summed E-state index contributed by atoms with van der Waals surface area (Å²) in [6.45, 7) is 13.3. The standard InChI is InChI=1S/2C5H11N.C3H8.2ClH/c2*1-4-5-6(2)3;1-3-2;;/h2*4H,1,5H2,2-3H3;3H2,1-2H3;2*1H. The SMILES string of the molecule is C=CCN(C)C.C=CCN(C)C.CCC.Cl.Cl. The van der Waals surface area contributed by atoms with Crippen molar-refractivity contribution < 1.29 is 0 Å². The molecule has 0 N–H and O–H groups in total. The molecule has 0 aromatic carbocycles. The molecule has 0 fully saturated rings. The lowest BCUT2D eigenvalue weighted by Gasteiger charge is -2.01. The average Bonchev–Trinajstić information content (AvgIpc) is 2.05. The quantitative estimate of drug-likeness (QED) is 0.727. The molecule has 4 heteroatoms. The number of halogens is 2. The summed E-state index contributed by atoms with van der Waals surface area (Å²) in [7, 11) is 8.06. The van der Waals surface area contributed by atoms with Crippen LogP contribution in [0.4, 0.5) is 0 Å². The number of nitrogens with zero attached hydrogens (tertiary/aromatic N) is 2. The Morgan fingerprint density at radius 3 is 0.941 bits per heavy atom. The van der Waals surface area contributed by atoms with Crippen LogP contribution in [0, 0.1) is 0 Å². The summed E-state index contributed by atoms with van der Waals surface area (Å²) in [5, 5.41) is 0. The van der Waals surface area contributed by atoms with E-state index >= 15 is 0 Å². The topological polar surface area (TPSA) is 6.48 Å². The summed E-state index contributed by atoms with van der Waals surface area (Å²) in [6, 6.07) is 0. The van der Waals surface area contributed by atoms with Crippen molar-refractivity contribution >= 4 is 24.8 Å². The van der Waals surface area contributed by atoms with Crippen LogP contribution in [0.3, 0.4) is 0 Å². The highest BCUT2D eigenvalue weighted by Crippen LogP contribution is 1.69. The fourth-order valence-electron chi connectivity index (χ4n) is 0.516. The van der Waals surface area contributed by atoms with E-state index in [0.717, 1.165) is 13.1 Å². The third-order valence-electron chi connectivity index (χ3n) is 0.988. The highest BCUT2D eigenvalue weighted by atomic mass is 35.5. The summed E-state index contributed by atoms with van der Waals surface area (Å²) in [6.07, 6.45) is 5.00. The van der Waals surface area contributed by atoms with Crippen molar-refractivity contribution in [2.24, 2.45) is 0 Å². The Morgan fingerprint density at radius 1 is 0.765 bits per heavy atom. The molecule has 0 aliphatic rings.